The molecular weight excluding hydrogens is 290 g/mol. The van der Waals surface area contributed by atoms with Crippen molar-refractivity contribution < 1.29 is 18.3 Å². The largest absolute Gasteiger partial charge is 0.478 e. The van der Waals surface area contributed by atoms with E-state index in [4.69, 9.17) is 16.7 Å². The van der Waals surface area contributed by atoms with E-state index < -0.39 is 16.0 Å². The summed E-state index contributed by atoms with van der Waals surface area (Å²) in [6.45, 7) is 2.14. The van der Waals surface area contributed by atoms with E-state index in [1.165, 1.54) is 10.4 Å². The molecule has 0 radical (unpaired) electrons. The number of hydrogen-bond donors (Lipinski definition) is 1. The molecule has 7 heteroatoms. The zero-order valence-corrected chi connectivity index (χ0v) is 11.7. The van der Waals surface area contributed by atoms with Crippen molar-refractivity contribution in [3.05, 3.63) is 40.4 Å². The molecule has 0 spiro atoms. The van der Waals surface area contributed by atoms with Crippen molar-refractivity contribution in [2.24, 2.45) is 0 Å². The van der Waals surface area contributed by atoms with E-state index in [1.807, 2.05) is 0 Å². The Balaban J connectivity index is 2.58. The second-order valence-electron chi connectivity index (χ2n) is 4.18. The number of carboxylic acid groups (broad SMARTS) is 1. The number of nitrogens with zero attached hydrogens (tertiary/aromatic N) is 1. The number of halogens is 1. The van der Waals surface area contributed by atoms with Gasteiger partial charge in [0, 0.05) is 18.1 Å². The van der Waals surface area contributed by atoms with Gasteiger partial charge in [-0.05, 0) is 24.6 Å². The first-order valence-electron chi connectivity index (χ1n) is 5.52. The minimum absolute atomic E-state index is 0.0545. The molecule has 1 aromatic carbocycles. The molecule has 5 nitrogen and oxygen atoms in total. The predicted octanol–water partition coefficient (Wildman–Crippen LogP) is 1.91. The highest BCUT2D eigenvalue weighted by Crippen LogP contribution is 2.28. The maximum absolute atomic E-state index is 12.4. The lowest BCUT2D eigenvalue weighted by Crippen LogP contribution is -2.29. The van der Waals surface area contributed by atoms with E-state index in [-0.39, 0.29) is 28.6 Å². The van der Waals surface area contributed by atoms with Crippen molar-refractivity contribution >= 4 is 27.6 Å². The number of benzene rings is 1. The zero-order valence-electron chi connectivity index (χ0n) is 10.1. The van der Waals surface area contributed by atoms with E-state index in [9.17, 15) is 13.2 Å². The van der Waals surface area contributed by atoms with Gasteiger partial charge in [0.25, 0.3) is 0 Å². The topological polar surface area (TPSA) is 74.7 Å². The zero-order chi connectivity index (χ0) is 14.2. The fourth-order valence-corrected chi connectivity index (χ4v) is 3.73. The number of aromatic carboxylic acids is 1. The molecule has 0 fully saturated rings. The lowest BCUT2D eigenvalue weighted by Gasteiger charge is -2.18. The third-order valence-electron chi connectivity index (χ3n) is 2.95. The van der Waals surface area contributed by atoms with Gasteiger partial charge < -0.3 is 5.11 Å². The van der Waals surface area contributed by atoms with Crippen LogP contribution in [0.15, 0.2) is 29.2 Å². The smallest absolute Gasteiger partial charge is 0.335 e. The SMILES string of the molecule is Cc1c(Cl)cc(C(=O)O)cc1S(=O)(=O)N1CC=CC1. The standard InChI is InChI=1S/C12H12ClNO4S/c1-8-10(13)6-9(12(15)16)7-11(8)19(17,18)14-4-2-3-5-14/h2-3,6-7H,4-5H2,1H3,(H,15,16). The highest BCUT2D eigenvalue weighted by Gasteiger charge is 2.28. The third kappa shape index (κ3) is 2.51. The van der Waals surface area contributed by atoms with Crippen LogP contribution >= 0.6 is 11.6 Å². The maximum atomic E-state index is 12.4. The Kier molecular flexibility index (Phi) is 3.66. The van der Waals surface area contributed by atoms with E-state index in [0.29, 0.717) is 5.56 Å². The van der Waals surface area contributed by atoms with E-state index in [0.717, 1.165) is 6.07 Å². The van der Waals surface area contributed by atoms with Crippen LogP contribution in [0.4, 0.5) is 0 Å². The molecule has 0 aliphatic carbocycles. The number of sulfonamides is 1. The Morgan fingerprint density at radius 3 is 2.42 bits per heavy atom. The van der Waals surface area contributed by atoms with Crippen LogP contribution in [0.1, 0.15) is 15.9 Å². The van der Waals surface area contributed by atoms with E-state index in [2.05, 4.69) is 0 Å². The van der Waals surface area contributed by atoms with Crippen LogP contribution in [-0.2, 0) is 10.0 Å². The summed E-state index contributed by atoms with van der Waals surface area (Å²) >= 11 is 5.91. The molecule has 0 aromatic heterocycles. The number of hydrogen-bond acceptors (Lipinski definition) is 3. The van der Waals surface area contributed by atoms with Crippen LogP contribution in [0.25, 0.3) is 0 Å². The minimum atomic E-state index is -3.72. The van der Waals surface area contributed by atoms with Gasteiger partial charge in [0.1, 0.15) is 0 Å². The first-order chi connectivity index (χ1) is 8.84. The lowest BCUT2D eigenvalue weighted by atomic mass is 10.1. The molecule has 1 aromatic rings. The van der Waals surface area contributed by atoms with Gasteiger partial charge in [0.2, 0.25) is 10.0 Å². The highest BCUT2D eigenvalue weighted by molar-refractivity contribution is 7.89. The summed E-state index contributed by atoms with van der Waals surface area (Å²) in [4.78, 5) is 10.9. The van der Waals surface area contributed by atoms with Crippen LogP contribution in [0.2, 0.25) is 5.02 Å². The lowest BCUT2D eigenvalue weighted by molar-refractivity contribution is 0.0696. The van der Waals surface area contributed by atoms with Crippen LogP contribution in [-0.4, -0.2) is 36.9 Å². The minimum Gasteiger partial charge on any atom is -0.478 e. The Hall–Kier alpha value is -1.37. The van der Waals surface area contributed by atoms with Crippen molar-refractivity contribution in [2.75, 3.05) is 13.1 Å². The summed E-state index contributed by atoms with van der Waals surface area (Å²) in [6, 6.07) is 2.40. The molecule has 2 rings (SSSR count). The van der Waals surface area contributed by atoms with Crippen LogP contribution in [0, 0.1) is 6.92 Å². The highest BCUT2D eigenvalue weighted by atomic mass is 35.5. The van der Waals surface area contributed by atoms with Crippen molar-refractivity contribution in [2.45, 2.75) is 11.8 Å². The molecule has 1 N–H and O–H groups in total. The van der Waals surface area contributed by atoms with Gasteiger partial charge in [-0.2, -0.15) is 4.31 Å². The molecule has 1 heterocycles. The maximum Gasteiger partial charge on any atom is 0.335 e. The van der Waals surface area contributed by atoms with E-state index in [1.54, 1.807) is 19.1 Å². The Morgan fingerprint density at radius 1 is 1.32 bits per heavy atom. The van der Waals surface area contributed by atoms with Gasteiger partial charge in [0.05, 0.1) is 10.5 Å². The molecule has 0 saturated heterocycles. The summed E-state index contributed by atoms with van der Waals surface area (Å²) in [5, 5.41) is 9.11. The van der Waals surface area contributed by atoms with Crippen molar-refractivity contribution in [3.8, 4) is 0 Å². The second kappa shape index (κ2) is 4.96. The van der Waals surface area contributed by atoms with Crippen LogP contribution in [0.3, 0.4) is 0 Å². The fraction of sp³-hybridized carbons (Fsp3) is 0.250. The Bertz CT molecular complexity index is 659. The first-order valence-corrected chi connectivity index (χ1v) is 7.34. The quantitative estimate of drug-likeness (QED) is 0.865. The van der Waals surface area contributed by atoms with Crippen LogP contribution < -0.4 is 0 Å². The summed E-state index contributed by atoms with van der Waals surface area (Å²) in [5.74, 6) is -1.21. The molecular formula is C12H12ClNO4S. The number of carbonyl (C=O) groups is 1. The second-order valence-corrected chi connectivity index (χ2v) is 6.49. The third-order valence-corrected chi connectivity index (χ3v) is 5.30. The molecule has 0 amide bonds. The molecule has 1 aliphatic rings. The first kappa shape index (κ1) is 14.0. The number of carboxylic acids is 1. The molecule has 0 bridgehead atoms. The van der Waals surface area contributed by atoms with Gasteiger partial charge in [-0.3, -0.25) is 0 Å². The summed E-state index contributed by atoms with van der Waals surface area (Å²) in [6.07, 6.45) is 3.49. The normalized spacial score (nSPS) is 15.9. The van der Waals surface area contributed by atoms with Crippen molar-refractivity contribution in [1.29, 1.82) is 0 Å². The van der Waals surface area contributed by atoms with Gasteiger partial charge in [-0.15, -0.1) is 0 Å². The number of rotatable bonds is 3. The van der Waals surface area contributed by atoms with Gasteiger partial charge in [-0.1, -0.05) is 23.8 Å². The molecule has 1 aliphatic heterocycles. The van der Waals surface area contributed by atoms with Crippen molar-refractivity contribution in [1.82, 2.24) is 4.31 Å². The fourth-order valence-electron chi connectivity index (χ4n) is 1.84. The molecule has 0 saturated carbocycles. The monoisotopic (exact) mass is 301 g/mol. The average molecular weight is 302 g/mol. The summed E-state index contributed by atoms with van der Waals surface area (Å²) in [7, 11) is -3.72. The van der Waals surface area contributed by atoms with E-state index >= 15 is 0 Å². The van der Waals surface area contributed by atoms with Crippen LogP contribution in [0.5, 0.6) is 0 Å². The van der Waals surface area contributed by atoms with Gasteiger partial charge in [0.15, 0.2) is 0 Å². The Labute approximate surface area is 116 Å². The Morgan fingerprint density at radius 2 is 1.89 bits per heavy atom. The van der Waals surface area contributed by atoms with Gasteiger partial charge >= 0.3 is 5.97 Å². The molecule has 19 heavy (non-hydrogen) atoms. The van der Waals surface area contributed by atoms with Gasteiger partial charge in [-0.25, -0.2) is 13.2 Å². The predicted molar refractivity (Wildman–Crippen MR) is 71.0 cm³/mol. The molecule has 0 unspecified atom stereocenters. The van der Waals surface area contributed by atoms with Crippen molar-refractivity contribution in [3.63, 3.8) is 0 Å². The molecule has 0 atom stereocenters. The summed E-state index contributed by atoms with van der Waals surface area (Å²) in [5.41, 5.74) is 0.222. The molecule has 102 valence electrons. The summed E-state index contributed by atoms with van der Waals surface area (Å²) < 4.78 is 26.1. The average Bonchev–Trinajstić information content (AvgIpc) is 2.86.